The second kappa shape index (κ2) is 8.11. The number of carbonyl (C=O) groups excluding carboxylic acids is 1. The zero-order chi connectivity index (χ0) is 13.4. The minimum atomic E-state index is -0.399. The molecule has 18 heavy (non-hydrogen) atoms. The van der Waals surface area contributed by atoms with Crippen molar-refractivity contribution < 1.29 is 13.7 Å². The van der Waals surface area contributed by atoms with Crippen LogP contribution in [-0.4, -0.2) is 23.6 Å². The molecule has 1 unspecified atom stereocenters. The van der Waals surface area contributed by atoms with Gasteiger partial charge in [0.2, 0.25) is 0 Å². The Balaban J connectivity index is 2.16. The van der Waals surface area contributed by atoms with Crippen LogP contribution in [0.1, 0.15) is 6.92 Å². The van der Waals surface area contributed by atoms with Gasteiger partial charge in [-0.2, -0.15) is 12.6 Å². The van der Waals surface area contributed by atoms with Gasteiger partial charge in [0.1, 0.15) is 12.4 Å². The summed E-state index contributed by atoms with van der Waals surface area (Å²) in [5.74, 6) is 0.972. The van der Waals surface area contributed by atoms with E-state index in [1.54, 1.807) is 6.92 Å². The highest BCUT2D eigenvalue weighted by molar-refractivity contribution is 7.96. The summed E-state index contributed by atoms with van der Waals surface area (Å²) in [4.78, 5) is 11.1. The maximum Gasteiger partial charge on any atom is 0.345 e. The Morgan fingerprint density at radius 2 is 2.11 bits per heavy atom. The number of rotatable bonds is 7. The highest BCUT2D eigenvalue weighted by Crippen LogP contribution is 2.14. The molecule has 0 N–H and O–H groups in total. The number of hydrogen-bond donors (Lipinski definition) is 1. The largest absolute Gasteiger partial charge is 0.492 e. The average Bonchev–Trinajstić information content (AvgIpc) is 2.37. The fourth-order valence-corrected chi connectivity index (χ4v) is 1.82. The number of hydrogen-bond acceptors (Lipinski definition) is 5. The molecule has 0 aliphatic heterocycles. The van der Waals surface area contributed by atoms with E-state index < -0.39 is 5.97 Å². The Kier molecular flexibility index (Phi) is 6.75. The predicted molar refractivity (Wildman–Crippen MR) is 78.1 cm³/mol. The molecule has 1 aromatic rings. The monoisotopic (exact) mass is 284 g/mol. The van der Waals surface area contributed by atoms with Crippen LogP contribution in [0.2, 0.25) is 0 Å². The van der Waals surface area contributed by atoms with Gasteiger partial charge in [-0.15, -0.1) is 0 Å². The van der Waals surface area contributed by atoms with Crippen LogP contribution < -0.4 is 4.74 Å². The Labute approximate surface area is 117 Å². The highest BCUT2D eigenvalue weighted by atomic mass is 32.2. The zero-order valence-corrected chi connectivity index (χ0v) is 11.9. The first-order valence-corrected chi connectivity index (χ1v) is 6.87. The standard InChI is InChI=1S/C13H16O3S2/c1-10(2)13(14)16-18-9-12(17)8-15-11-6-4-3-5-7-11/h3-7,12,17H,1,8-9H2,2H3. The first kappa shape index (κ1) is 15.0. The number of ether oxygens (including phenoxy) is 1. The Morgan fingerprint density at radius 1 is 1.44 bits per heavy atom. The van der Waals surface area contributed by atoms with Gasteiger partial charge < -0.3 is 8.92 Å². The van der Waals surface area contributed by atoms with Crippen molar-refractivity contribution in [1.82, 2.24) is 0 Å². The van der Waals surface area contributed by atoms with Crippen molar-refractivity contribution >= 4 is 30.6 Å². The van der Waals surface area contributed by atoms with Crippen molar-refractivity contribution in [3.8, 4) is 5.75 Å². The summed E-state index contributed by atoms with van der Waals surface area (Å²) in [6, 6.07) is 9.51. The van der Waals surface area contributed by atoms with E-state index in [4.69, 9.17) is 8.92 Å². The Morgan fingerprint density at radius 3 is 2.72 bits per heavy atom. The van der Waals surface area contributed by atoms with E-state index in [0.717, 1.165) is 17.8 Å². The second-order valence-electron chi connectivity index (χ2n) is 3.71. The van der Waals surface area contributed by atoms with Crippen LogP contribution in [0.4, 0.5) is 0 Å². The van der Waals surface area contributed by atoms with Crippen molar-refractivity contribution in [2.75, 3.05) is 12.4 Å². The van der Waals surface area contributed by atoms with Gasteiger partial charge in [0.15, 0.2) is 0 Å². The molecule has 0 saturated heterocycles. The number of thiol groups is 1. The van der Waals surface area contributed by atoms with Gasteiger partial charge in [0, 0.05) is 16.6 Å². The minimum absolute atomic E-state index is 0.00636. The SMILES string of the molecule is C=C(C)C(=O)OSCC(S)COc1ccccc1. The summed E-state index contributed by atoms with van der Waals surface area (Å²) in [5, 5.41) is -0.00636. The van der Waals surface area contributed by atoms with Gasteiger partial charge >= 0.3 is 5.97 Å². The zero-order valence-electron chi connectivity index (χ0n) is 10.2. The number of carbonyl (C=O) groups is 1. The molecule has 0 heterocycles. The highest BCUT2D eigenvalue weighted by Gasteiger charge is 2.08. The molecule has 3 nitrogen and oxygen atoms in total. The van der Waals surface area contributed by atoms with Crippen molar-refractivity contribution in [3.05, 3.63) is 42.5 Å². The molecule has 0 fully saturated rings. The van der Waals surface area contributed by atoms with E-state index in [0.29, 0.717) is 17.9 Å². The first-order chi connectivity index (χ1) is 8.59. The van der Waals surface area contributed by atoms with Crippen LogP contribution in [0.3, 0.4) is 0 Å². The fraction of sp³-hybridized carbons (Fsp3) is 0.308. The lowest BCUT2D eigenvalue weighted by Gasteiger charge is -2.11. The third-order valence-electron chi connectivity index (χ3n) is 1.93. The van der Waals surface area contributed by atoms with Gasteiger partial charge in [-0.05, 0) is 19.1 Å². The minimum Gasteiger partial charge on any atom is -0.492 e. The summed E-state index contributed by atoms with van der Waals surface area (Å²) in [6.07, 6.45) is 0. The third-order valence-corrected chi connectivity index (χ3v) is 3.32. The normalized spacial score (nSPS) is 11.7. The molecular formula is C13H16O3S2. The Hall–Kier alpha value is -1.07. The van der Waals surface area contributed by atoms with E-state index in [1.807, 2.05) is 30.3 Å². The number of para-hydroxylation sites is 1. The van der Waals surface area contributed by atoms with E-state index in [-0.39, 0.29) is 5.25 Å². The fourth-order valence-electron chi connectivity index (χ4n) is 0.994. The molecule has 0 radical (unpaired) electrons. The van der Waals surface area contributed by atoms with Gasteiger partial charge in [0.25, 0.3) is 0 Å². The van der Waals surface area contributed by atoms with Crippen LogP contribution in [0.5, 0.6) is 5.75 Å². The summed E-state index contributed by atoms with van der Waals surface area (Å²) in [7, 11) is 0. The molecule has 0 aliphatic carbocycles. The van der Waals surface area contributed by atoms with Gasteiger partial charge in [-0.1, -0.05) is 24.8 Å². The first-order valence-electron chi connectivity index (χ1n) is 5.45. The molecule has 1 aromatic carbocycles. The van der Waals surface area contributed by atoms with Crippen LogP contribution >= 0.6 is 24.7 Å². The van der Waals surface area contributed by atoms with Gasteiger partial charge in [-0.25, -0.2) is 4.79 Å². The molecule has 1 rings (SSSR count). The van der Waals surface area contributed by atoms with Gasteiger partial charge in [-0.3, -0.25) is 0 Å². The molecule has 0 spiro atoms. The lowest BCUT2D eigenvalue weighted by molar-refractivity contribution is -0.128. The van der Waals surface area contributed by atoms with Crippen LogP contribution in [0.25, 0.3) is 0 Å². The maximum atomic E-state index is 11.1. The molecule has 0 aromatic heterocycles. The topological polar surface area (TPSA) is 35.5 Å². The molecule has 0 saturated carbocycles. The lowest BCUT2D eigenvalue weighted by atomic mass is 10.3. The molecule has 0 amide bonds. The molecule has 0 bridgehead atoms. The third kappa shape index (κ3) is 6.02. The number of benzene rings is 1. The summed E-state index contributed by atoms with van der Waals surface area (Å²) >= 11 is 5.42. The smallest absolute Gasteiger partial charge is 0.345 e. The van der Waals surface area contributed by atoms with E-state index >= 15 is 0 Å². The molecular weight excluding hydrogens is 268 g/mol. The summed E-state index contributed by atoms with van der Waals surface area (Å²) in [6.45, 7) is 5.57. The van der Waals surface area contributed by atoms with Gasteiger partial charge in [0.05, 0.1) is 12.0 Å². The Bertz CT molecular complexity index is 392. The quantitative estimate of drug-likeness (QED) is 0.474. The van der Waals surface area contributed by atoms with Crippen LogP contribution in [-0.2, 0) is 8.98 Å². The van der Waals surface area contributed by atoms with Crippen molar-refractivity contribution in [3.63, 3.8) is 0 Å². The van der Waals surface area contributed by atoms with Crippen molar-refractivity contribution in [2.24, 2.45) is 0 Å². The molecule has 0 aliphatic rings. The summed E-state index contributed by atoms with van der Waals surface area (Å²) in [5.41, 5.74) is 0.388. The van der Waals surface area contributed by atoms with Crippen molar-refractivity contribution in [1.29, 1.82) is 0 Å². The predicted octanol–water partition coefficient (Wildman–Crippen LogP) is 3.13. The van der Waals surface area contributed by atoms with Crippen molar-refractivity contribution in [2.45, 2.75) is 12.2 Å². The average molecular weight is 284 g/mol. The van der Waals surface area contributed by atoms with E-state index in [9.17, 15) is 4.79 Å². The second-order valence-corrected chi connectivity index (χ2v) is 5.18. The molecule has 98 valence electrons. The molecule has 5 heteroatoms. The van der Waals surface area contributed by atoms with E-state index in [2.05, 4.69) is 19.2 Å². The van der Waals surface area contributed by atoms with Crippen LogP contribution in [0.15, 0.2) is 42.5 Å². The lowest BCUT2D eigenvalue weighted by Crippen LogP contribution is -2.15. The van der Waals surface area contributed by atoms with Crippen LogP contribution in [0, 0.1) is 0 Å². The molecule has 1 atom stereocenters. The maximum absolute atomic E-state index is 11.1. The summed E-state index contributed by atoms with van der Waals surface area (Å²) < 4.78 is 10.4. The van der Waals surface area contributed by atoms with E-state index in [1.165, 1.54) is 0 Å².